The third-order valence-corrected chi connectivity index (χ3v) is 26.1. The second kappa shape index (κ2) is 52.5. The van der Waals surface area contributed by atoms with Crippen LogP contribution in [0.5, 0.6) is 0 Å². The first-order valence-electron chi connectivity index (χ1n) is 31.1. The van der Waals surface area contributed by atoms with E-state index in [9.17, 15) is 19.5 Å². The van der Waals surface area contributed by atoms with Gasteiger partial charge in [-0.1, -0.05) is 27.1 Å². The van der Waals surface area contributed by atoms with E-state index in [0.717, 1.165) is 116 Å². The third kappa shape index (κ3) is 34.3. The number of epoxide rings is 1. The van der Waals surface area contributed by atoms with Crippen molar-refractivity contribution in [3.05, 3.63) is 184 Å². The Labute approximate surface area is 631 Å². The smallest absolute Gasteiger partial charge is 0.223 e. The highest BCUT2D eigenvalue weighted by molar-refractivity contribution is 8.63. The minimum atomic E-state index is -0.310. The van der Waals surface area contributed by atoms with Crippen molar-refractivity contribution in [3.8, 4) is 34.8 Å². The lowest BCUT2D eigenvalue weighted by molar-refractivity contribution is -0.120. The molecular weight excluding hydrogens is 1450 g/mol. The number of nitrogens with zero attached hydrogens (tertiary/aromatic N) is 9. The fourth-order valence-electron chi connectivity index (χ4n) is 8.90. The van der Waals surface area contributed by atoms with E-state index < -0.39 is 0 Å². The number of nitrogens with one attached hydrogen (secondary N) is 2. The molecule has 0 spiro atoms. The van der Waals surface area contributed by atoms with Crippen LogP contribution in [-0.4, -0.2) is 98.8 Å². The lowest BCUT2D eigenvalue weighted by Gasteiger charge is -2.18. The van der Waals surface area contributed by atoms with Crippen LogP contribution < -0.4 is 36.0 Å². The summed E-state index contributed by atoms with van der Waals surface area (Å²) in [6.07, 6.45) is 5.86. The maximum absolute atomic E-state index is 11.2. The topological polar surface area (TPSA) is 255 Å². The summed E-state index contributed by atoms with van der Waals surface area (Å²) in [5, 5.41) is 50.9. The average molecular weight is 1540 g/mol. The van der Waals surface area contributed by atoms with Gasteiger partial charge in [0.1, 0.15) is 16.1 Å². The number of aromatic nitrogens is 1. The lowest BCUT2D eigenvalue weighted by Crippen LogP contribution is -2.27. The molecular formula is C73H93ClN12O5P2S7. The van der Waals surface area contributed by atoms with Gasteiger partial charge in [0.25, 0.3) is 0 Å². The first kappa shape index (κ1) is 92.5. The molecule has 5 N–H and O–H groups in total. The van der Waals surface area contributed by atoms with Crippen LogP contribution in [0.2, 0.25) is 0 Å². The number of anilines is 6. The fourth-order valence-corrected chi connectivity index (χ4v) is 19.8. The van der Waals surface area contributed by atoms with Gasteiger partial charge in [0.15, 0.2) is 5.78 Å². The Kier molecular flexibility index (Phi) is 48.6. The van der Waals surface area contributed by atoms with Crippen molar-refractivity contribution >= 4 is 157 Å². The van der Waals surface area contributed by atoms with E-state index in [1.165, 1.54) is 41.1 Å². The zero-order chi connectivity index (χ0) is 71.7. The largest absolute Gasteiger partial charge is 0.389 e. The summed E-state index contributed by atoms with van der Waals surface area (Å²) < 4.78 is 5.04. The molecule has 10 rings (SSSR count). The lowest BCUT2D eigenvalue weighted by atomic mass is 10.00. The molecule has 534 valence electrons. The first-order chi connectivity index (χ1) is 46.7. The van der Waals surface area contributed by atoms with E-state index in [1.807, 2.05) is 93.7 Å². The zero-order valence-corrected chi connectivity index (χ0v) is 65.0. The molecule has 0 radical (unpaired) electrons. The third-order valence-electron chi connectivity index (χ3n) is 14.6. The molecule has 1 aliphatic heterocycles. The Bertz CT molecular complexity index is 3950. The van der Waals surface area contributed by atoms with Gasteiger partial charge in [0.05, 0.1) is 69.3 Å². The number of hydrogen-bond donors (Lipinski definition) is 4. The first-order valence-corrected chi connectivity index (χ1v) is 40.9. The Hall–Kier alpha value is -7.48. The van der Waals surface area contributed by atoms with Crippen LogP contribution in [-0.2, 0) is 75.8 Å². The number of ether oxygens (including phenoxy) is 1. The maximum atomic E-state index is 11.2. The number of hydrogen-bond acceptors (Lipinski definition) is 18. The van der Waals surface area contributed by atoms with Crippen LogP contribution in [0.3, 0.4) is 0 Å². The number of amides is 2. The van der Waals surface area contributed by atoms with E-state index in [2.05, 4.69) is 120 Å². The van der Waals surface area contributed by atoms with Gasteiger partial charge in [-0.25, -0.2) is 4.98 Å². The number of benzene rings is 6. The standard InChI is InChI=1S/C16H20N2OS.C11H12N2O.C10H14N2S.C10H12N2.C9H8N2O.C9H10N2.C6H8O2.2CH4.ClH.P2S5/c1-3-18(2)12-9-7-11(8-10-12)16-17-13-5-4-6-14(19)15(13)20-16;1-3-13(9(2)14)11-6-4-10(8-12)5-7-11;1-3-12(2)9-6-4-8(5-7-9)10(11)13;1-3-12(2)10-6-4-9(8-11)5-7-10;1-7(12)11-9-4-2-8(6-10)3-5-9;1-2-11-9-5-3-8(7-10)4-6-9;7-4-2-1-3-5-6(4)8-5;;;;3-1-2-5-7-6-4/h7-10,14,19H,3-6H2,1-2H3;4-7H,3H2,1-2H3;4-7H,3H2,1-2H3,(H2,11,13);4-7H,3H2,1-2H3;2-5H,1H3,(H,11,12);3-6,11H,2H2,1H3;5-6H,1-3H2;2*1H4;1H;. The Morgan fingerprint density at radius 2 is 1.10 bits per heavy atom. The number of Topliss-reactive ketones (excluding diaryl/α,β-unsaturated/α-hetero) is 1. The number of thiazole rings is 1. The molecule has 6 aromatic carbocycles. The van der Waals surface area contributed by atoms with E-state index in [0.29, 0.717) is 51.4 Å². The second-order valence-corrected chi connectivity index (χ2v) is 32.4. The number of ketones is 1. The number of aryl methyl sites for hydroxylation is 1. The molecule has 2 fully saturated rings. The molecule has 3 aliphatic rings. The van der Waals surface area contributed by atoms with Gasteiger partial charge in [-0.15, -0.1) is 23.7 Å². The van der Waals surface area contributed by atoms with Gasteiger partial charge >= 0.3 is 0 Å². The van der Waals surface area contributed by atoms with Crippen molar-refractivity contribution < 1.29 is 24.2 Å². The average Bonchev–Trinajstić information content (AvgIpc) is 1.66. The summed E-state index contributed by atoms with van der Waals surface area (Å²) in [7, 11) is 13.0. The number of rotatable bonds is 14. The summed E-state index contributed by atoms with van der Waals surface area (Å²) in [6, 6.07) is 53.3. The number of aliphatic hydroxyl groups is 1. The molecule has 2 aliphatic carbocycles. The number of nitrogens with two attached hydrogens (primary N) is 1. The fraction of sp³-hybridized carbons (Fsp3) is 0.356. The molecule has 1 saturated heterocycles. The minimum Gasteiger partial charge on any atom is -0.389 e. The summed E-state index contributed by atoms with van der Waals surface area (Å²) in [5.41, 5.74) is 17.4. The molecule has 1 saturated carbocycles. The van der Waals surface area contributed by atoms with Crippen molar-refractivity contribution in [2.24, 2.45) is 5.73 Å². The van der Waals surface area contributed by atoms with E-state index in [-0.39, 0.29) is 51.3 Å². The Morgan fingerprint density at radius 1 is 0.670 bits per heavy atom. The monoisotopic (exact) mass is 1540 g/mol. The number of carbonyl (C=O) groups excluding carboxylic acids is 3. The molecule has 2 heterocycles. The summed E-state index contributed by atoms with van der Waals surface area (Å²) in [4.78, 5) is 46.9. The van der Waals surface area contributed by atoms with Crippen molar-refractivity contribution in [2.45, 2.75) is 120 Å². The van der Waals surface area contributed by atoms with E-state index >= 15 is 0 Å². The van der Waals surface area contributed by atoms with E-state index in [4.69, 9.17) is 48.7 Å². The molecule has 17 nitrogen and oxygen atoms in total. The van der Waals surface area contributed by atoms with Gasteiger partial charge in [0.2, 0.25) is 11.8 Å². The Morgan fingerprint density at radius 3 is 1.47 bits per heavy atom. The van der Waals surface area contributed by atoms with Crippen molar-refractivity contribution in [2.75, 3.05) is 84.1 Å². The van der Waals surface area contributed by atoms with Crippen LogP contribution in [0, 0.1) is 45.3 Å². The molecule has 27 heteroatoms. The van der Waals surface area contributed by atoms with E-state index in [1.54, 1.807) is 95.3 Å². The van der Waals surface area contributed by atoms with Crippen molar-refractivity contribution in [1.82, 2.24) is 4.98 Å². The van der Waals surface area contributed by atoms with Gasteiger partial charge in [-0.3, -0.25) is 14.4 Å². The van der Waals surface area contributed by atoms with Crippen LogP contribution in [0.25, 0.3) is 10.6 Å². The van der Waals surface area contributed by atoms with Gasteiger partial charge in [-0.2, -0.15) is 21.0 Å². The number of halogens is 1. The molecule has 3 unspecified atom stereocenters. The highest BCUT2D eigenvalue weighted by Gasteiger charge is 2.46. The SMILES string of the molecule is C.C.CC(=O)Nc1ccc(C#N)cc1.CCN(C(C)=O)c1ccc(C#N)cc1.CCN(C)c1ccc(-c2nc3c(s2)C(O)CCC3)cc1.CCN(C)c1ccc(C#N)cc1.CCN(C)c1ccc(C(N)=S)cc1.CCNc1ccc(C#N)cc1.Cl.O=C1CCCC2OC12.S=PP=S=S=S=S. The number of nitriles is 4. The number of aliphatic hydroxyl groups excluding tert-OH is 1. The second-order valence-electron chi connectivity index (χ2n) is 21.2. The number of fused-ring (bicyclic) bond motifs is 2. The molecule has 7 aromatic rings. The van der Waals surface area contributed by atoms with Gasteiger partial charge < -0.3 is 45.8 Å². The highest BCUT2D eigenvalue weighted by Crippen LogP contribution is 2.38. The Balaban J connectivity index is 0.00000113. The van der Waals surface area contributed by atoms with Crippen LogP contribution in [0.4, 0.5) is 34.1 Å². The summed E-state index contributed by atoms with van der Waals surface area (Å²) >= 11 is 15.7. The zero-order valence-electron chi connectivity index (χ0n) is 56.7. The number of carbonyl (C=O) groups is 3. The molecule has 100 heavy (non-hydrogen) atoms. The molecule has 0 bridgehead atoms. The van der Waals surface area contributed by atoms with Crippen molar-refractivity contribution in [1.29, 1.82) is 21.0 Å². The predicted octanol–water partition coefficient (Wildman–Crippen LogP) is 16.8. The molecule has 1 aromatic heterocycles. The molecule has 2 amide bonds. The quantitative estimate of drug-likeness (QED) is 0.0448. The normalized spacial score (nSPS) is 13.3. The van der Waals surface area contributed by atoms with Crippen LogP contribution in [0.1, 0.15) is 140 Å². The predicted molar refractivity (Wildman–Crippen MR) is 440 cm³/mol. The van der Waals surface area contributed by atoms with Gasteiger partial charge in [0, 0.05) is 133 Å². The van der Waals surface area contributed by atoms with Crippen molar-refractivity contribution in [3.63, 3.8) is 0 Å². The maximum Gasteiger partial charge on any atom is 0.223 e. The van der Waals surface area contributed by atoms with Crippen LogP contribution >= 0.6 is 50.1 Å². The summed E-state index contributed by atoms with van der Waals surface area (Å²) in [5.74, 6) is 0.221. The van der Waals surface area contributed by atoms with Crippen LogP contribution in [0.15, 0.2) is 146 Å². The number of thiocarbonyl (C=S) groups is 1. The minimum absolute atomic E-state index is 0. The molecule has 3 atom stereocenters. The highest BCUT2D eigenvalue weighted by atomic mass is 35.5. The van der Waals surface area contributed by atoms with Gasteiger partial charge in [-0.05, 0) is 263 Å². The summed E-state index contributed by atoms with van der Waals surface area (Å²) in [6.45, 7) is 17.8.